The predicted molar refractivity (Wildman–Crippen MR) is 114 cm³/mol. The predicted octanol–water partition coefficient (Wildman–Crippen LogP) is 7.57. The Hall–Kier alpha value is -0.330. The minimum Gasteiger partial charge on any atom is -0.300 e. The lowest BCUT2D eigenvalue weighted by atomic mass is 9.45. The summed E-state index contributed by atoms with van der Waals surface area (Å²) in [5.41, 5.74) is 1.26. The summed E-state index contributed by atoms with van der Waals surface area (Å²) in [4.78, 5) is 11.9. The van der Waals surface area contributed by atoms with Crippen LogP contribution in [0.1, 0.15) is 117 Å². The zero-order chi connectivity index (χ0) is 19.1. The van der Waals surface area contributed by atoms with Gasteiger partial charge in [-0.25, -0.2) is 0 Å². The Bertz CT molecular complexity index is 538. The SMILES string of the molecule is CCCC(=O)CCCC1CCC2C3CCC4CCCCC4(C)C3CCC12C. The number of carbonyl (C=O) groups is 1. The van der Waals surface area contributed by atoms with E-state index in [9.17, 15) is 4.79 Å². The highest BCUT2D eigenvalue weighted by atomic mass is 16.1. The average Bonchev–Trinajstić information content (AvgIpc) is 2.98. The molecule has 0 bridgehead atoms. The molecular formula is C26H44O. The van der Waals surface area contributed by atoms with Gasteiger partial charge in [0, 0.05) is 12.8 Å². The molecule has 0 aromatic carbocycles. The second-order valence-corrected chi connectivity index (χ2v) is 11.4. The Morgan fingerprint density at radius 2 is 1.67 bits per heavy atom. The van der Waals surface area contributed by atoms with Crippen molar-refractivity contribution in [3.63, 3.8) is 0 Å². The minimum atomic E-state index is 0.504. The Balaban J connectivity index is 1.41. The van der Waals surface area contributed by atoms with Crippen molar-refractivity contribution in [1.82, 2.24) is 0 Å². The molecule has 7 unspecified atom stereocenters. The number of hydrogen-bond acceptors (Lipinski definition) is 1. The first-order valence-electron chi connectivity index (χ1n) is 12.5. The van der Waals surface area contributed by atoms with Gasteiger partial charge < -0.3 is 0 Å². The zero-order valence-electron chi connectivity index (χ0n) is 18.4. The largest absolute Gasteiger partial charge is 0.300 e. The van der Waals surface area contributed by atoms with Crippen LogP contribution in [0.25, 0.3) is 0 Å². The highest BCUT2D eigenvalue weighted by Gasteiger charge is 2.59. The molecule has 0 heterocycles. The van der Waals surface area contributed by atoms with Gasteiger partial charge in [-0.05, 0) is 111 Å². The van der Waals surface area contributed by atoms with E-state index in [1.807, 2.05) is 0 Å². The molecule has 0 aliphatic heterocycles. The fourth-order valence-electron chi connectivity index (χ4n) is 8.83. The monoisotopic (exact) mass is 372 g/mol. The van der Waals surface area contributed by atoms with Gasteiger partial charge in [0.2, 0.25) is 0 Å². The molecule has 4 saturated carbocycles. The number of rotatable bonds is 6. The maximum atomic E-state index is 11.9. The third kappa shape index (κ3) is 3.44. The van der Waals surface area contributed by atoms with Crippen LogP contribution in [-0.2, 0) is 4.79 Å². The first kappa shape index (κ1) is 20.0. The lowest BCUT2D eigenvalue weighted by Crippen LogP contribution is -2.52. The summed E-state index contributed by atoms with van der Waals surface area (Å²) in [6, 6.07) is 0. The van der Waals surface area contributed by atoms with E-state index in [0.717, 1.165) is 55.3 Å². The van der Waals surface area contributed by atoms with Gasteiger partial charge in [-0.1, -0.05) is 33.6 Å². The van der Waals surface area contributed by atoms with Gasteiger partial charge in [0.1, 0.15) is 5.78 Å². The molecule has 4 aliphatic carbocycles. The summed E-state index contributed by atoms with van der Waals surface area (Å²) in [6.45, 7) is 7.48. The normalized spacial score (nSPS) is 46.4. The Morgan fingerprint density at radius 1 is 0.852 bits per heavy atom. The smallest absolute Gasteiger partial charge is 0.132 e. The summed E-state index contributed by atoms with van der Waals surface area (Å²) in [5, 5.41) is 0. The summed E-state index contributed by atoms with van der Waals surface area (Å²) in [5.74, 6) is 5.49. The fraction of sp³-hybridized carbons (Fsp3) is 0.962. The molecule has 0 N–H and O–H groups in total. The van der Waals surface area contributed by atoms with Crippen molar-refractivity contribution in [2.24, 2.45) is 40.4 Å². The third-order valence-corrected chi connectivity index (χ3v) is 10.3. The zero-order valence-corrected chi connectivity index (χ0v) is 18.4. The molecule has 1 nitrogen and oxygen atoms in total. The van der Waals surface area contributed by atoms with Gasteiger partial charge in [0.25, 0.3) is 0 Å². The first-order valence-corrected chi connectivity index (χ1v) is 12.5. The van der Waals surface area contributed by atoms with Crippen LogP contribution in [0.3, 0.4) is 0 Å². The molecule has 0 aromatic heterocycles. The minimum absolute atomic E-state index is 0.504. The average molecular weight is 373 g/mol. The van der Waals surface area contributed by atoms with E-state index in [1.54, 1.807) is 0 Å². The lowest BCUT2D eigenvalue weighted by molar-refractivity contribution is -0.119. The third-order valence-electron chi connectivity index (χ3n) is 10.3. The lowest BCUT2D eigenvalue weighted by Gasteiger charge is -2.60. The molecule has 0 radical (unpaired) electrons. The van der Waals surface area contributed by atoms with Crippen molar-refractivity contribution in [3.05, 3.63) is 0 Å². The Labute approximate surface area is 168 Å². The standard InChI is InChI=1S/C26H44O/c1-4-8-21(27)11-7-10-20-13-15-23-22-14-12-19-9-5-6-17-25(19,2)24(22)16-18-26(20,23)3/h19-20,22-24H,4-18H2,1-3H3. The summed E-state index contributed by atoms with van der Waals surface area (Å²) < 4.78 is 0. The van der Waals surface area contributed by atoms with Gasteiger partial charge in [0.15, 0.2) is 0 Å². The number of ketones is 1. The topological polar surface area (TPSA) is 17.1 Å². The Kier molecular flexibility index (Phi) is 5.79. The van der Waals surface area contributed by atoms with Crippen LogP contribution in [-0.4, -0.2) is 5.78 Å². The maximum absolute atomic E-state index is 11.9. The van der Waals surface area contributed by atoms with Crippen LogP contribution >= 0.6 is 0 Å². The van der Waals surface area contributed by atoms with Crippen LogP contribution in [0, 0.1) is 40.4 Å². The van der Waals surface area contributed by atoms with E-state index >= 15 is 0 Å². The molecule has 0 spiro atoms. The van der Waals surface area contributed by atoms with Crippen LogP contribution < -0.4 is 0 Å². The van der Waals surface area contributed by atoms with Gasteiger partial charge >= 0.3 is 0 Å². The van der Waals surface area contributed by atoms with Gasteiger partial charge in [-0.3, -0.25) is 4.79 Å². The summed E-state index contributed by atoms with van der Waals surface area (Å²) in [6.07, 6.45) is 20.2. The van der Waals surface area contributed by atoms with E-state index < -0.39 is 0 Å². The molecule has 27 heavy (non-hydrogen) atoms. The molecule has 0 saturated heterocycles. The number of hydrogen-bond donors (Lipinski definition) is 0. The van der Waals surface area contributed by atoms with Crippen LogP contribution in [0.4, 0.5) is 0 Å². The molecule has 154 valence electrons. The van der Waals surface area contributed by atoms with Crippen LogP contribution in [0.2, 0.25) is 0 Å². The van der Waals surface area contributed by atoms with Gasteiger partial charge in [-0.15, -0.1) is 0 Å². The molecule has 4 fully saturated rings. The van der Waals surface area contributed by atoms with Crippen LogP contribution in [0.15, 0.2) is 0 Å². The number of Topliss-reactive ketones (excluding diaryl/α,β-unsaturated/α-hetero) is 1. The van der Waals surface area contributed by atoms with Gasteiger partial charge in [0.05, 0.1) is 0 Å². The van der Waals surface area contributed by atoms with E-state index in [2.05, 4.69) is 20.8 Å². The second-order valence-electron chi connectivity index (χ2n) is 11.4. The van der Waals surface area contributed by atoms with E-state index in [4.69, 9.17) is 0 Å². The van der Waals surface area contributed by atoms with Crippen molar-refractivity contribution < 1.29 is 4.79 Å². The maximum Gasteiger partial charge on any atom is 0.132 e. The second kappa shape index (κ2) is 7.83. The van der Waals surface area contributed by atoms with Crippen molar-refractivity contribution in [3.8, 4) is 0 Å². The molecular weight excluding hydrogens is 328 g/mol. The fourth-order valence-corrected chi connectivity index (χ4v) is 8.83. The summed E-state index contributed by atoms with van der Waals surface area (Å²) >= 11 is 0. The molecule has 1 heteroatoms. The molecule has 4 aliphatic rings. The molecule has 0 amide bonds. The number of carbonyl (C=O) groups excluding carboxylic acids is 1. The highest BCUT2D eigenvalue weighted by Crippen LogP contribution is 2.67. The van der Waals surface area contributed by atoms with Crippen molar-refractivity contribution in [2.75, 3.05) is 0 Å². The number of fused-ring (bicyclic) bond motifs is 5. The highest BCUT2D eigenvalue weighted by molar-refractivity contribution is 5.78. The molecule has 4 rings (SSSR count). The van der Waals surface area contributed by atoms with E-state index in [1.165, 1.54) is 70.6 Å². The molecule has 7 atom stereocenters. The van der Waals surface area contributed by atoms with E-state index in [-0.39, 0.29) is 0 Å². The van der Waals surface area contributed by atoms with Crippen molar-refractivity contribution in [2.45, 2.75) is 117 Å². The molecule has 0 aromatic rings. The van der Waals surface area contributed by atoms with Crippen molar-refractivity contribution >= 4 is 5.78 Å². The van der Waals surface area contributed by atoms with E-state index in [0.29, 0.717) is 16.6 Å². The Morgan fingerprint density at radius 3 is 2.48 bits per heavy atom. The van der Waals surface area contributed by atoms with Crippen LogP contribution in [0.5, 0.6) is 0 Å². The first-order chi connectivity index (χ1) is 13.0. The quantitative estimate of drug-likeness (QED) is 0.469. The van der Waals surface area contributed by atoms with Gasteiger partial charge in [-0.2, -0.15) is 0 Å². The van der Waals surface area contributed by atoms with Crippen molar-refractivity contribution in [1.29, 1.82) is 0 Å². The summed E-state index contributed by atoms with van der Waals surface area (Å²) in [7, 11) is 0.